The first-order valence-electron chi connectivity index (χ1n) is 7.05. The van der Waals surface area contributed by atoms with Crippen LogP contribution in [0.1, 0.15) is 18.5 Å². The lowest BCUT2D eigenvalue weighted by atomic mass is 10.2. The first-order chi connectivity index (χ1) is 10.3. The van der Waals surface area contributed by atoms with E-state index in [0.717, 1.165) is 35.8 Å². The molecular weight excluding hydrogens is 286 g/mol. The molecule has 6 heteroatoms. The maximum Gasteiger partial charge on any atom is 0.226 e. The quantitative estimate of drug-likeness (QED) is 0.918. The SMILES string of the molecule is O=C(Cc1csc(-c2ccccn2)n1)NCC1CCCO1. The molecule has 0 spiro atoms. The Morgan fingerprint density at radius 3 is 3.19 bits per heavy atom. The summed E-state index contributed by atoms with van der Waals surface area (Å²) in [7, 11) is 0. The van der Waals surface area contributed by atoms with Gasteiger partial charge in [0.25, 0.3) is 0 Å². The molecule has 0 bridgehead atoms. The van der Waals surface area contributed by atoms with Gasteiger partial charge in [-0.1, -0.05) is 6.07 Å². The monoisotopic (exact) mass is 303 g/mol. The summed E-state index contributed by atoms with van der Waals surface area (Å²) in [4.78, 5) is 20.6. The normalized spacial score (nSPS) is 17.8. The molecule has 3 heterocycles. The molecule has 1 N–H and O–H groups in total. The smallest absolute Gasteiger partial charge is 0.226 e. The van der Waals surface area contributed by atoms with Gasteiger partial charge in [0, 0.05) is 24.7 Å². The molecule has 5 nitrogen and oxygen atoms in total. The zero-order valence-electron chi connectivity index (χ0n) is 11.6. The lowest BCUT2D eigenvalue weighted by Crippen LogP contribution is -2.32. The molecule has 3 rings (SSSR count). The molecular formula is C15H17N3O2S. The third kappa shape index (κ3) is 3.86. The van der Waals surface area contributed by atoms with Crippen molar-refractivity contribution in [1.82, 2.24) is 15.3 Å². The Labute approximate surface area is 127 Å². The lowest BCUT2D eigenvalue weighted by molar-refractivity contribution is -0.121. The number of hydrogen-bond acceptors (Lipinski definition) is 5. The maximum absolute atomic E-state index is 11.9. The second-order valence-corrected chi connectivity index (χ2v) is 5.83. The van der Waals surface area contributed by atoms with Gasteiger partial charge in [-0.3, -0.25) is 9.78 Å². The standard InChI is InChI=1S/C15H17N3O2S/c19-14(17-9-12-4-3-7-20-12)8-11-10-21-15(18-11)13-5-1-2-6-16-13/h1-2,5-6,10,12H,3-4,7-9H2,(H,17,19). The van der Waals surface area contributed by atoms with E-state index in [1.165, 1.54) is 11.3 Å². The summed E-state index contributed by atoms with van der Waals surface area (Å²) in [5, 5.41) is 5.66. The molecule has 1 fully saturated rings. The van der Waals surface area contributed by atoms with Crippen molar-refractivity contribution in [3.8, 4) is 10.7 Å². The van der Waals surface area contributed by atoms with Gasteiger partial charge in [-0.05, 0) is 25.0 Å². The van der Waals surface area contributed by atoms with Crippen molar-refractivity contribution in [3.63, 3.8) is 0 Å². The number of nitrogens with one attached hydrogen (secondary N) is 1. The van der Waals surface area contributed by atoms with Gasteiger partial charge >= 0.3 is 0 Å². The van der Waals surface area contributed by atoms with Crippen molar-refractivity contribution in [2.75, 3.05) is 13.2 Å². The molecule has 21 heavy (non-hydrogen) atoms. The minimum atomic E-state index is -0.0108. The Morgan fingerprint density at radius 2 is 2.43 bits per heavy atom. The van der Waals surface area contributed by atoms with Crippen molar-refractivity contribution in [3.05, 3.63) is 35.5 Å². The zero-order chi connectivity index (χ0) is 14.5. The Kier molecular flexibility index (Phi) is 4.57. The van der Waals surface area contributed by atoms with Gasteiger partial charge in [-0.15, -0.1) is 11.3 Å². The Morgan fingerprint density at radius 1 is 1.48 bits per heavy atom. The maximum atomic E-state index is 11.9. The number of hydrogen-bond donors (Lipinski definition) is 1. The average Bonchev–Trinajstić information content (AvgIpc) is 3.17. The molecule has 1 aliphatic heterocycles. The van der Waals surface area contributed by atoms with Gasteiger partial charge in [0.15, 0.2) is 0 Å². The fourth-order valence-electron chi connectivity index (χ4n) is 2.26. The minimum absolute atomic E-state index is 0.0108. The largest absolute Gasteiger partial charge is 0.376 e. The van der Waals surface area contributed by atoms with Gasteiger partial charge in [-0.2, -0.15) is 0 Å². The first kappa shape index (κ1) is 14.2. The van der Waals surface area contributed by atoms with E-state index in [4.69, 9.17) is 4.74 Å². The Hall–Kier alpha value is -1.79. The van der Waals surface area contributed by atoms with Crippen LogP contribution in [0.25, 0.3) is 10.7 Å². The highest BCUT2D eigenvalue weighted by molar-refractivity contribution is 7.13. The third-order valence-corrected chi connectivity index (χ3v) is 4.24. The molecule has 1 amide bonds. The Bertz CT molecular complexity index is 594. The number of ether oxygens (including phenoxy) is 1. The van der Waals surface area contributed by atoms with Crippen LogP contribution in [0.15, 0.2) is 29.8 Å². The van der Waals surface area contributed by atoms with Crippen LogP contribution >= 0.6 is 11.3 Å². The number of amides is 1. The van der Waals surface area contributed by atoms with Crippen LogP contribution < -0.4 is 5.32 Å². The third-order valence-electron chi connectivity index (χ3n) is 3.33. The fourth-order valence-corrected chi connectivity index (χ4v) is 3.05. The number of carbonyl (C=O) groups is 1. The highest BCUT2D eigenvalue weighted by Gasteiger charge is 2.16. The summed E-state index contributed by atoms with van der Waals surface area (Å²) >= 11 is 1.51. The van der Waals surface area contributed by atoms with Gasteiger partial charge in [-0.25, -0.2) is 4.98 Å². The van der Waals surface area contributed by atoms with Crippen molar-refractivity contribution in [2.45, 2.75) is 25.4 Å². The van der Waals surface area contributed by atoms with Crippen LogP contribution in [0.4, 0.5) is 0 Å². The molecule has 1 aliphatic rings. The molecule has 2 aromatic rings. The van der Waals surface area contributed by atoms with Gasteiger partial charge in [0.1, 0.15) is 5.01 Å². The lowest BCUT2D eigenvalue weighted by Gasteiger charge is -2.09. The van der Waals surface area contributed by atoms with Crippen LogP contribution in [0.3, 0.4) is 0 Å². The number of aromatic nitrogens is 2. The summed E-state index contributed by atoms with van der Waals surface area (Å²) < 4.78 is 5.48. The van der Waals surface area contributed by atoms with E-state index in [9.17, 15) is 4.79 Å². The molecule has 1 unspecified atom stereocenters. The van der Waals surface area contributed by atoms with Crippen LogP contribution in [0.5, 0.6) is 0 Å². The number of thiazole rings is 1. The van der Waals surface area contributed by atoms with Crippen LogP contribution in [0, 0.1) is 0 Å². The number of rotatable bonds is 5. The molecule has 1 saturated heterocycles. The van der Waals surface area contributed by atoms with E-state index in [-0.39, 0.29) is 12.0 Å². The number of pyridine rings is 1. The van der Waals surface area contributed by atoms with Crippen molar-refractivity contribution in [2.24, 2.45) is 0 Å². The number of nitrogens with zero attached hydrogens (tertiary/aromatic N) is 2. The predicted molar refractivity (Wildman–Crippen MR) is 81.0 cm³/mol. The zero-order valence-corrected chi connectivity index (χ0v) is 12.4. The molecule has 0 saturated carbocycles. The van der Waals surface area contributed by atoms with E-state index in [0.29, 0.717) is 13.0 Å². The first-order valence-corrected chi connectivity index (χ1v) is 7.93. The highest BCUT2D eigenvalue weighted by Crippen LogP contribution is 2.21. The molecule has 110 valence electrons. The van der Waals surface area contributed by atoms with E-state index in [1.54, 1.807) is 6.20 Å². The molecule has 1 atom stereocenters. The molecule has 2 aromatic heterocycles. The van der Waals surface area contributed by atoms with Gasteiger partial charge in [0.05, 0.1) is 23.9 Å². The van der Waals surface area contributed by atoms with Gasteiger partial charge < -0.3 is 10.1 Å². The molecule has 0 radical (unpaired) electrons. The summed E-state index contributed by atoms with van der Waals surface area (Å²) in [6.45, 7) is 1.40. The molecule has 0 aliphatic carbocycles. The van der Waals surface area contributed by atoms with Crippen molar-refractivity contribution >= 4 is 17.2 Å². The summed E-state index contributed by atoms with van der Waals surface area (Å²) in [6.07, 6.45) is 4.33. The predicted octanol–water partition coefficient (Wildman–Crippen LogP) is 2.04. The van der Waals surface area contributed by atoms with Gasteiger partial charge in [0.2, 0.25) is 5.91 Å². The van der Waals surface area contributed by atoms with E-state index in [1.807, 2.05) is 23.6 Å². The van der Waals surface area contributed by atoms with Crippen LogP contribution in [0.2, 0.25) is 0 Å². The second kappa shape index (κ2) is 6.78. The summed E-state index contributed by atoms with van der Waals surface area (Å²) in [6, 6.07) is 5.72. The Balaban J connectivity index is 1.53. The molecule has 0 aromatic carbocycles. The van der Waals surface area contributed by atoms with E-state index in [2.05, 4.69) is 15.3 Å². The highest BCUT2D eigenvalue weighted by atomic mass is 32.1. The van der Waals surface area contributed by atoms with Crippen LogP contribution in [-0.2, 0) is 16.0 Å². The number of carbonyl (C=O) groups excluding carboxylic acids is 1. The average molecular weight is 303 g/mol. The van der Waals surface area contributed by atoms with Crippen LogP contribution in [-0.4, -0.2) is 35.1 Å². The summed E-state index contributed by atoms with van der Waals surface area (Å²) in [5.74, 6) is -0.0108. The van der Waals surface area contributed by atoms with Crippen molar-refractivity contribution < 1.29 is 9.53 Å². The minimum Gasteiger partial charge on any atom is -0.376 e. The fraction of sp³-hybridized carbons (Fsp3) is 0.400. The van der Waals surface area contributed by atoms with E-state index < -0.39 is 0 Å². The summed E-state index contributed by atoms with van der Waals surface area (Å²) in [5.41, 5.74) is 1.62. The van der Waals surface area contributed by atoms with E-state index >= 15 is 0 Å². The van der Waals surface area contributed by atoms with Crippen molar-refractivity contribution in [1.29, 1.82) is 0 Å². The topological polar surface area (TPSA) is 64.1 Å². The second-order valence-electron chi connectivity index (χ2n) is 4.97.